The predicted octanol–water partition coefficient (Wildman–Crippen LogP) is 1.80. The predicted molar refractivity (Wildman–Crippen MR) is 109 cm³/mol. The van der Waals surface area contributed by atoms with E-state index in [-0.39, 0.29) is 17.4 Å². The summed E-state index contributed by atoms with van der Waals surface area (Å²) in [6.07, 6.45) is 0.00810. The van der Waals surface area contributed by atoms with Crippen LogP contribution in [0.5, 0.6) is 0 Å². The molecule has 0 spiro atoms. The molecular weight excluding hydrogens is 427 g/mol. The van der Waals surface area contributed by atoms with Gasteiger partial charge in [0.25, 0.3) is 5.56 Å². The molecule has 0 radical (unpaired) electrons. The molecule has 3 aromatic rings. The van der Waals surface area contributed by atoms with Gasteiger partial charge >= 0.3 is 6.18 Å². The third-order valence-corrected chi connectivity index (χ3v) is 5.30. The zero-order valence-corrected chi connectivity index (χ0v) is 17.0. The molecule has 0 unspecified atom stereocenters. The molecule has 9 nitrogen and oxygen atoms in total. The van der Waals surface area contributed by atoms with E-state index < -0.39 is 11.7 Å². The third-order valence-electron chi connectivity index (χ3n) is 5.30. The first-order chi connectivity index (χ1) is 15.3. The molecule has 1 aliphatic heterocycles. The Balaban J connectivity index is 1.28. The Hall–Kier alpha value is -3.57. The van der Waals surface area contributed by atoms with Gasteiger partial charge in [0.15, 0.2) is 0 Å². The van der Waals surface area contributed by atoms with Crippen LogP contribution < -0.4 is 10.5 Å². The van der Waals surface area contributed by atoms with Crippen molar-refractivity contribution in [3.63, 3.8) is 0 Å². The van der Waals surface area contributed by atoms with Crippen molar-refractivity contribution in [1.29, 1.82) is 0 Å². The lowest BCUT2D eigenvalue weighted by atomic mass is 10.1. The first kappa shape index (κ1) is 21.7. The summed E-state index contributed by atoms with van der Waals surface area (Å²) in [5.41, 5.74) is -0.0241. The van der Waals surface area contributed by atoms with Crippen molar-refractivity contribution >= 4 is 22.8 Å². The van der Waals surface area contributed by atoms with Crippen LogP contribution in [-0.2, 0) is 17.4 Å². The second kappa shape index (κ2) is 8.89. The zero-order chi connectivity index (χ0) is 22.7. The molecule has 0 atom stereocenters. The van der Waals surface area contributed by atoms with E-state index >= 15 is 0 Å². The fraction of sp³-hybridized carbons (Fsp3) is 0.400. The Morgan fingerprint density at radius 1 is 1.09 bits per heavy atom. The number of nitrogens with one attached hydrogen (secondary N) is 1. The number of halogens is 3. The molecule has 1 N–H and O–H groups in total. The van der Waals surface area contributed by atoms with Crippen molar-refractivity contribution in [2.24, 2.45) is 0 Å². The van der Waals surface area contributed by atoms with Crippen LogP contribution in [0.1, 0.15) is 24.1 Å². The third kappa shape index (κ3) is 4.68. The molecule has 0 saturated carbocycles. The minimum Gasteiger partial charge on any atom is -0.339 e. The smallest absolute Gasteiger partial charge is 0.339 e. The number of aromatic nitrogens is 5. The van der Waals surface area contributed by atoms with Crippen LogP contribution in [0.15, 0.2) is 35.5 Å². The number of amides is 1. The van der Waals surface area contributed by atoms with E-state index in [0.29, 0.717) is 62.0 Å². The van der Waals surface area contributed by atoms with Gasteiger partial charge in [-0.1, -0.05) is 0 Å². The molecule has 168 valence electrons. The van der Waals surface area contributed by atoms with Crippen molar-refractivity contribution < 1.29 is 18.0 Å². The first-order valence-electron chi connectivity index (χ1n) is 10.1. The fourth-order valence-electron chi connectivity index (χ4n) is 3.58. The molecule has 0 aliphatic carbocycles. The van der Waals surface area contributed by atoms with Gasteiger partial charge in [0.05, 0.1) is 22.2 Å². The molecule has 1 aliphatic rings. The van der Waals surface area contributed by atoms with Crippen molar-refractivity contribution in [2.45, 2.75) is 25.4 Å². The molecule has 3 aromatic heterocycles. The molecule has 0 aromatic carbocycles. The van der Waals surface area contributed by atoms with Crippen LogP contribution in [0.3, 0.4) is 0 Å². The molecule has 1 amide bonds. The molecule has 1 fully saturated rings. The van der Waals surface area contributed by atoms with Gasteiger partial charge in [-0.3, -0.25) is 14.6 Å². The highest BCUT2D eigenvalue weighted by atomic mass is 19.4. The summed E-state index contributed by atoms with van der Waals surface area (Å²) in [5.74, 6) is 0.202. The summed E-state index contributed by atoms with van der Waals surface area (Å²) in [4.78, 5) is 39.7. The number of hydrogen-bond acceptors (Lipinski definition) is 7. The number of hydrogen-bond donors (Lipinski definition) is 1. The summed E-state index contributed by atoms with van der Waals surface area (Å²) in [7, 11) is 0. The number of alkyl halides is 3. The van der Waals surface area contributed by atoms with E-state index in [0.717, 1.165) is 12.4 Å². The number of carbonyl (C=O) groups is 1. The maximum absolute atomic E-state index is 12.6. The summed E-state index contributed by atoms with van der Waals surface area (Å²) < 4.78 is 37.9. The normalized spacial score (nSPS) is 14.7. The topological polar surface area (TPSA) is 108 Å². The number of anilines is 1. The van der Waals surface area contributed by atoms with Crippen LogP contribution in [-0.4, -0.2) is 62.1 Å². The maximum Gasteiger partial charge on any atom is 0.419 e. The van der Waals surface area contributed by atoms with E-state index in [9.17, 15) is 22.8 Å². The van der Waals surface area contributed by atoms with Gasteiger partial charge in [-0.2, -0.15) is 18.3 Å². The van der Waals surface area contributed by atoms with Crippen molar-refractivity contribution in [2.75, 3.05) is 31.1 Å². The number of fused-ring (bicyclic) bond motifs is 1. The number of carbonyl (C=O) groups excluding carboxylic acids is 1. The molecular formula is C20H20F3N7O2. The van der Waals surface area contributed by atoms with E-state index in [4.69, 9.17) is 0 Å². The van der Waals surface area contributed by atoms with Crippen molar-refractivity contribution in [3.8, 4) is 0 Å². The second-order valence-corrected chi connectivity index (χ2v) is 7.39. The highest BCUT2D eigenvalue weighted by Crippen LogP contribution is 2.28. The summed E-state index contributed by atoms with van der Waals surface area (Å²) in [5, 5.41) is 6.98. The average Bonchev–Trinajstić information content (AvgIpc) is 2.80. The lowest BCUT2D eigenvalue weighted by Gasteiger charge is -2.34. The maximum atomic E-state index is 12.6. The van der Waals surface area contributed by atoms with E-state index in [1.165, 1.54) is 0 Å². The summed E-state index contributed by atoms with van der Waals surface area (Å²) in [6, 6.07) is 3.36. The van der Waals surface area contributed by atoms with E-state index in [2.05, 4.69) is 25.1 Å². The SMILES string of the molecule is O=C(CCCc1n[nH]c(=O)c2cccnc12)N1CCN(c2ncc(C(F)(F)F)cn2)CC1. The molecule has 12 heteroatoms. The van der Waals surface area contributed by atoms with Crippen LogP contribution in [0.2, 0.25) is 0 Å². The Morgan fingerprint density at radius 3 is 2.50 bits per heavy atom. The number of piperazine rings is 1. The lowest BCUT2D eigenvalue weighted by molar-refractivity contribution is -0.138. The largest absolute Gasteiger partial charge is 0.419 e. The minimum atomic E-state index is -4.48. The van der Waals surface area contributed by atoms with Gasteiger partial charge in [-0.25, -0.2) is 15.1 Å². The Kier molecular flexibility index (Phi) is 6.01. The standard InChI is InChI=1S/C20H20F3N7O2/c21-20(22,23)13-11-25-19(26-12-13)30-9-7-29(8-10-30)16(31)5-1-4-15-17-14(3-2-6-24-17)18(32)28-27-15/h2-3,6,11-12H,1,4-5,7-10H2,(H,28,32). The minimum absolute atomic E-state index is 0.0142. The van der Waals surface area contributed by atoms with E-state index in [1.54, 1.807) is 28.1 Å². The number of rotatable bonds is 5. The number of H-pyrrole nitrogens is 1. The van der Waals surface area contributed by atoms with Crippen molar-refractivity contribution in [1.82, 2.24) is 30.0 Å². The lowest BCUT2D eigenvalue weighted by Crippen LogP contribution is -2.49. The van der Waals surface area contributed by atoms with Crippen LogP contribution in [0, 0.1) is 0 Å². The van der Waals surface area contributed by atoms with Crippen molar-refractivity contribution in [3.05, 3.63) is 52.3 Å². The van der Waals surface area contributed by atoms with Crippen LogP contribution in [0.4, 0.5) is 19.1 Å². The van der Waals surface area contributed by atoms with Crippen LogP contribution in [0.25, 0.3) is 10.9 Å². The monoisotopic (exact) mass is 447 g/mol. The number of nitrogens with zero attached hydrogens (tertiary/aromatic N) is 6. The zero-order valence-electron chi connectivity index (χ0n) is 17.0. The summed E-state index contributed by atoms with van der Waals surface area (Å²) in [6.45, 7) is 1.75. The van der Waals surface area contributed by atoms with Gasteiger partial charge in [-0.05, 0) is 25.0 Å². The number of aromatic amines is 1. The molecule has 4 heterocycles. The quantitative estimate of drug-likeness (QED) is 0.635. The van der Waals surface area contributed by atoms with Gasteiger partial charge in [0.2, 0.25) is 11.9 Å². The van der Waals surface area contributed by atoms with E-state index in [1.807, 2.05) is 0 Å². The molecule has 4 rings (SSSR count). The Morgan fingerprint density at radius 2 is 1.81 bits per heavy atom. The number of aryl methyl sites for hydroxylation is 1. The summed E-state index contributed by atoms with van der Waals surface area (Å²) >= 11 is 0. The average molecular weight is 447 g/mol. The Labute approximate surface area is 180 Å². The molecule has 1 saturated heterocycles. The first-order valence-corrected chi connectivity index (χ1v) is 10.1. The Bertz CT molecular complexity index is 1160. The molecule has 0 bridgehead atoms. The van der Waals surface area contributed by atoms with Gasteiger partial charge in [-0.15, -0.1) is 0 Å². The van der Waals surface area contributed by atoms with Gasteiger partial charge < -0.3 is 9.80 Å². The fourth-order valence-corrected chi connectivity index (χ4v) is 3.58. The van der Waals surface area contributed by atoms with Gasteiger partial charge in [0, 0.05) is 51.2 Å². The van der Waals surface area contributed by atoms with Crippen LogP contribution >= 0.6 is 0 Å². The second-order valence-electron chi connectivity index (χ2n) is 7.39. The highest BCUT2D eigenvalue weighted by molar-refractivity contribution is 5.79. The number of pyridine rings is 1. The highest BCUT2D eigenvalue weighted by Gasteiger charge is 2.32. The molecule has 32 heavy (non-hydrogen) atoms. The van der Waals surface area contributed by atoms with Gasteiger partial charge in [0.1, 0.15) is 0 Å².